The molecular weight excluding hydrogens is 299 g/mol. The second-order valence-electron chi connectivity index (χ2n) is 4.19. The van der Waals surface area contributed by atoms with Crippen LogP contribution in [0.15, 0.2) is 36.4 Å². The first-order chi connectivity index (χ1) is 10.0. The fraction of sp³-hybridized carbons (Fsp3) is 0.133. The minimum Gasteiger partial charge on any atom is -0.497 e. The Morgan fingerprint density at radius 1 is 1.29 bits per heavy atom. The van der Waals surface area contributed by atoms with Crippen molar-refractivity contribution in [2.24, 2.45) is 0 Å². The average molecular weight is 311 g/mol. The maximum absolute atomic E-state index is 13.6. The molecule has 4 nitrogen and oxygen atoms in total. The molecule has 2 aromatic carbocycles. The third-order valence-electron chi connectivity index (χ3n) is 2.82. The van der Waals surface area contributed by atoms with Crippen molar-refractivity contribution in [3.05, 3.63) is 58.4 Å². The topological polar surface area (TPSA) is 55.8 Å². The third-order valence-corrected chi connectivity index (χ3v) is 3.05. The van der Waals surface area contributed by atoms with E-state index in [2.05, 4.69) is 0 Å². The molecule has 0 unspecified atom stereocenters. The minimum atomic E-state index is -1.15. The summed E-state index contributed by atoms with van der Waals surface area (Å²) in [6.45, 7) is -0.102. The zero-order valence-electron chi connectivity index (χ0n) is 11.1. The SMILES string of the molecule is COc1ccc(OCc2ccc(Cl)cc2F)c(C(=O)O)c1. The van der Waals surface area contributed by atoms with Crippen molar-refractivity contribution in [3.8, 4) is 11.5 Å². The molecule has 0 amide bonds. The van der Waals surface area contributed by atoms with Crippen LogP contribution in [-0.4, -0.2) is 18.2 Å². The van der Waals surface area contributed by atoms with Gasteiger partial charge in [-0.05, 0) is 30.3 Å². The molecule has 0 spiro atoms. The molecule has 0 aliphatic carbocycles. The van der Waals surface area contributed by atoms with Gasteiger partial charge in [-0.3, -0.25) is 0 Å². The number of carboxylic acids is 1. The predicted molar refractivity (Wildman–Crippen MR) is 75.7 cm³/mol. The minimum absolute atomic E-state index is 0.0521. The molecule has 0 bridgehead atoms. The van der Waals surface area contributed by atoms with E-state index in [1.54, 1.807) is 6.07 Å². The average Bonchev–Trinajstić information content (AvgIpc) is 2.46. The van der Waals surface area contributed by atoms with Crippen LogP contribution in [0.5, 0.6) is 11.5 Å². The Balaban J connectivity index is 2.21. The van der Waals surface area contributed by atoms with Crippen molar-refractivity contribution in [1.82, 2.24) is 0 Å². The highest BCUT2D eigenvalue weighted by Crippen LogP contribution is 2.25. The van der Waals surface area contributed by atoms with Gasteiger partial charge in [-0.2, -0.15) is 0 Å². The van der Waals surface area contributed by atoms with Crippen LogP contribution in [0.25, 0.3) is 0 Å². The summed E-state index contributed by atoms with van der Waals surface area (Å²) < 4.78 is 24.0. The molecule has 6 heteroatoms. The Kier molecular flexibility index (Phi) is 4.65. The fourth-order valence-corrected chi connectivity index (χ4v) is 1.88. The van der Waals surface area contributed by atoms with Crippen LogP contribution in [0.4, 0.5) is 4.39 Å². The molecule has 21 heavy (non-hydrogen) atoms. The van der Waals surface area contributed by atoms with E-state index in [9.17, 15) is 9.18 Å². The van der Waals surface area contributed by atoms with Crippen LogP contribution >= 0.6 is 11.6 Å². The second kappa shape index (κ2) is 6.45. The fourth-order valence-electron chi connectivity index (χ4n) is 1.72. The largest absolute Gasteiger partial charge is 0.497 e. The molecule has 0 radical (unpaired) electrons. The van der Waals surface area contributed by atoms with Gasteiger partial charge in [-0.1, -0.05) is 17.7 Å². The van der Waals surface area contributed by atoms with Gasteiger partial charge in [0.25, 0.3) is 0 Å². The predicted octanol–water partition coefficient (Wildman–Crippen LogP) is 3.76. The van der Waals surface area contributed by atoms with Crippen LogP contribution < -0.4 is 9.47 Å². The highest BCUT2D eigenvalue weighted by atomic mass is 35.5. The summed E-state index contributed by atoms with van der Waals surface area (Å²) >= 11 is 5.66. The number of ether oxygens (including phenoxy) is 2. The zero-order chi connectivity index (χ0) is 15.4. The van der Waals surface area contributed by atoms with Gasteiger partial charge >= 0.3 is 5.97 Å². The molecule has 0 aromatic heterocycles. The van der Waals surface area contributed by atoms with E-state index in [0.29, 0.717) is 5.75 Å². The number of rotatable bonds is 5. The van der Waals surface area contributed by atoms with Crippen LogP contribution in [0.1, 0.15) is 15.9 Å². The smallest absolute Gasteiger partial charge is 0.339 e. The van der Waals surface area contributed by atoms with Crippen molar-refractivity contribution in [2.75, 3.05) is 7.11 Å². The van der Waals surface area contributed by atoms with E-state index in [0.717, 1.165) is 0 Å². The Morgan fingerprint density at radius 3 is 2.67 bits per heavy atom. The zero-order valence-corrected chi connectivity index (χ0v) is 11.9. The summed E-state index contributed by atoms with van der Waals surface area (Å²) in [7, 11) is 1.44. The first kappa shape index (κ1) is 15.1. The number of hydrogen-bond acceptors (Lipinski definition) is 3. The van der Waals surface area contributed by atoms with Gasteiger partial charge in [0.1, 0.15) is 29.5 Å². The van der Waals surface area contributed by atoms with E-state index < -0.39 is 11.8 Å². The summed E-state index contributed by atoms with van der Waals surface area (Å²) in [6, 6.07) is 8.58. The number of carboxylic acid groups (broad SMARTS) is 1. The van der Waals surface area contributed by atoms with Crippen LogP contribution in [-0.2, 0) is 6.61 Å². The molecule has 0 aliphatic heterocycles. The van der Waals surface area contributed by atoms with Crippen molar-refractivity contribution < 1.29 is 23.8 Å². The molecule has 1 N–H and O–H groups in total. The Labute approximate surface area is 125 Å². The molecule has 110 valence electrons. The van der Waals surface area contributed by atoms with Crippen LogP contribution in [0.3, 0.4) is 0 Å². The second-order valence-corrected chi connectivity index (χ2v) is 4.63. The monoisotopic (exact) mass is 310 g/mol. The molecule has 0 fully saturated rings. The van der Waals surface area contributed by atoms with Crippen LogP contribution in [0, 0.1) is 5.82 Å². The summed E-state index contributed by atoms with van der Waals surface area (Å²) in [5, 5.41) is 9.43. The summed E-state index contributed by atoms with van der Waals surface area (Å²) in [5.41, 5.74) is 0.232. The lowest BCUT2D eigenvalue weighted by Crippen LogP contribution is -2.05. The number of methoxy groups -OCH3 is 1. The maximum atomic E-state index is 13.6. The van der Waals surface area contributed by atoms with Crippen LogP contribution in [0.2, 0.25) is 5.02 Å². The normalized spacial score (nSPS) is 10.2. The number of halogens is 2. The molecule has 0 aliphatic rings. The summed E-state index contributed by atoms with van der Waals surface area (Å²) in [6.07, 6.45) is 0. The molecule has 2 aromatic rings. The lowest BCUT2D eigenvalue weighted by atomic mass is 10.2. The Hall–Kier alpha value is -2.27. The van der Waals surface area contributed by atoms with Gasteiger partial charge in [-0.15, -0.1) is 0 Å². The summed E-state index contributed by atoms with van der Waals surface area (Å²) in [5.74, 6) is -1.12. The Bertz CT molecular complexity index is 673. The first-order valence-electron chi connectivity index (χ1n) is 5.99. The number of hydrogen-bond donors (Lipinski definition) is 1. The molecule has 0 saturated carbocycles. The molecule has 2 rings (SSSR count). The maximum Gasteiger partial charge on any atom is 0.339 e. The van der Waals surface area contributed by atoms with Gasteiger partial charge in [0.15, 0.2) is 0 Å². The van der Waals surface area contributed by atoms with Gasteiger partial charge in [0.2, 0.25) is 0 Å². The lowest BCUT2D eigenvalue weighted by Gasteiger charge is -2.11. The van der Waals surface area contributed by atoms with E-state index >= 15 is 0 Å². The van der Waals surface area contributed by atoms with Gasteiger partial charge in [-0.25, -0.2) is 9.18 Å². The first-order valence-corrected chi connectivity index (χ1v) is 6.37. The number of carbonyl (C=O) groups is 1. The highest BCUT2D eigenvalue weighted by molar-refractivity contribution is 6.30. The van der Waals surface area contributed by atoms with E-state index in [-0.39, 0.29) is 28.5 Å². The lowest BCUT2D eigenvalue weighted by molar-refractivity contribution is 0.0691. The molecule has 0 atom stereocenters. The van der Waals surface area contributed by atoms with E-state index in [1.165, 1.54) is 37.4 Å². The molecule has 0 saturated heterocycles. The van der Waals surface area contributed by atoms with E-state index in [4.69, 9.17) is 26.2 Å². The third kappa shape index (κ3) is 3.64. The quantitative estimate of drug-likeness (QED) is 0.913. The van der Waals surface area contributed by atoms with Crippen molar-refractivity contribution in [2.45, 2.75) is 6.61 Å². The van der Waals surface area contributed by atoms with Crippen molar-refractivity contribution >= 4 is 17.6 Å². The van der Waals surface area contributed by atoms with Gasteiger partial charge in [0, 0.05) is 10.6 Å². The number of benzene rings is 2. The molecule has 0 heterocycles. The number of aromatic carboxylic acids is 1. The Morgan fingerprint density at radius 2 is 2.05 bits per heavy atom. The van der Waals surface area contributed by atoms with Crippen molar-refractivity contribution in [3.63, 3.8) is 0 Å². The van der Waals surface area contributed by atoms with E-state index in [1.807, 2.05) is 0 Å². The van der Waals surface area contributed by atoms with Gasteiger partial charge in [0.05, 0.1) is 7.11 Å². The standard InChI is InChI=1S/C15H12ClFO4/c1-20-11-4-5-14(12(7-11)15(18)19)21-8-9-2-3-10(16)6-13(9)17/h2-7H,8H2,1H3,(H,18,19). The summed E-state index contributed by atoms with van der Waals surface area (Å²) in [4.78, 5) is 11.2. The molecular formula is C15H12ClFO4. The highest BCUT2D eigenvalue weighted by Gasteiger charge is 2.13. The van der Waals surface area contributed by atoms with Gasteiger partial charge < -0.3 is 14.6 Å². The van der Waals surface area contributed by atoms with Crippen molar-refractivity contribution in [1.29, 1.82) is 0 Å².